The van der Waals surface area contributed by atoms with Crippen molar-refractivity contribution in [1.82, 2.24) is 19.7 Å². The minimum Gasteiger partial charge on any atom is -0.342 e. The van der Waals surface area contributed by atoms with E-state index in [1.54, 1.807) is 6.07 Å². The topological polar surface area (TPSA) is 80.5 Å². The van der Waals surface area contributed by atoms with Crippen molar-refractivity contribution < 1.29 is 9.59 Å². The molecule has 7 heteroatoms. The number of hydrogen-bond acceptors (Lipinski definition) is 5. The highest BCUT2D eigenvalue weighted by molar-refractivity contribution is 5.97. The third kappa shape index (κ3) is 5.51. The average Bonchev–Trinajstić information content (AvgIpc) is 3.50. The molecule has 1 aromatic carbocycles. The van der Waals surface area contributed by atoms with Gasteiger partial charge < -0.3 is 14.7 Å². The number of carbonyl (C=O) groups excluding carboxylic acids is 2. The first kappa shape index (κ1) is 28.3. The van der Waals surface area contributed by atoms with Crippen molar-refractivity contribution >= 4 is 11.8 Å². The van der Waals surface area contributed by atoms with Crippen molar-refractivity contribution in [2.75, 3.05) is 45.8 Å². The maximum absolute atomic E-state index is 13.4. The molecule has 3 fully saturated rings. The summed E-state index contributed by atoms with van der Waals surface area (Å²) < 4.78 is 0. The van der Waals surface area contributed by atoms with E-state index >= 15 is 0 Å². The van der Waals surface area contributed by atoms with Crippen LogP contribution in [0, 0.1) is 42.4 Å². The number of nitriles is 1. The second-order valence-corrected chi connectivity index (χ2v) is 13.3. The first-order chi connectivity index (χ1) is 19.0. The van der Waals surface area contributed by atoms with Gasteiger partial charge in [-0.1, -0.05) is 51.1 Å². The summed E-state index contributed by atoms with van der Waals surface area (Å²) in [6.07, 6.45) is 3.09. The number of aryl methyl sites for hydroxylation is 2. The fourth-order valence-corrected chi connectivity index (χ4v) is 7.27. The molecule has 3 aliphatic rings. The molecule has 4 heterocycles. The smallest absolute Gasteiger partial charge is 0.255 e. The largest absolute Gasteiger partial charge is 0.342 e. The first-order valence-corrected chi connectivity index (χ1v) is 14.8. The van der Waals surface area contributed by atoms with E-state index in [0.29, 0.717) is 28.8 Å². The van der Waals surface area contributed by atoms with Crippen LogP contribution in [0.5, 0.6) is 0 Å². The summed E-state index contributed by atoms with van der Waals surface area (Å²) in [7, 11) is 0. The highest BCUT2D eigenvalue weighted by Gasteiger charge is 2.44. The summed E-state index contributed by atoms with van der Waals surface area (Å²) in [5.41, 5.74) is 3.63. The minimum atomic E-state index is -0.344. The van der Waals surface area contributed by atoms with Gasteiger partial charge in [-0.05, 0) is 74.1 Å². The van der Waals surface area contributed by atoms with Crippen LogP contribution in [0.4, 0.5) is 0 Å². The number of amides is 2. The Morgan fingerprint density at radius 1 is 1.00 bits per heavy atom. The molecule has 0 bridgehead atoms. The van der Waals surface area contributed by atoms with Crippen LogP contribution < -0.4 is 0 Å². The highest BCUT2D eigenvalue weighted by atomic mass is 16.2. The zero-order chi connectivity index (χ0) is 28.7. The van der Waals surface area contributed by atoms with Gasteiger partial charge in [-0.3, -0.25) is 9.59 Å². The molecule has 0 N–H and O–H groups in total. The lowest BCUT2D eigenvalue weighted by molar-refractivity contribution is -0.141. The van der Waals surface area contributed by atoms with Gasteiger partial charge in [0.05, 0.1) is 11.3 Å². The molecule has 2 unspecified atom stereocenters. The fourth-order valence-electron chi connectivity index (χ4n) is 7.27. The maximum Gasteiger partial charge on any atom is 0.255 e. The molecule has 2 atom stereocenters. The normalized spacial score (nSPS) is 22.7. The predicted molar refractivity (Wildman–Crippen MR) is 156 cm³/mol. The number of benzene rings is 1. The molecule has 0 spiro atoms. The molecule has 7 nitrogen and oxygen atoms in total. The number of hydrogen-bond donors (Lipinski definition) is 0. The Bertz CT molecular complexity index is 1260. The summed E-state index contributed by atoms with van der Waals surface area (Å²) in [5.74, 6) is 1.29. The third-order valence-corrected chi connectivity index (χ3v) is 9.52. The molecular weight excluding hydrogens is 498 g/mol. The van der Waals surface area contributed by atoms with Crippen LogP contribution in [-0.2, 0) is 10.2 Å². The van der Waals surface area contributed by atoms with E-state index in [4.69, 9.17) is 0 Å². The van der Waals surface area contributed by atoms with Gasteiger partial charge in [0.1, 0.15) is 11.8 Å². The molecule has 0 aliphatic carbocycles. The standard InChI is InChI=1S/C33H43N5O2/c1-23-17-28(18-34)35-24(2)29(23)30(39)38-21-25-19-36(20-26(25)22-38)14-11-33(27-9-7-6-8-10-27)12-15-37(16-13-33)31(40)32(3,4)5/h6-10,17,25-26H,11-16,19-22H2,1-5H3. The van der Waals surface area contributed by atoms with E-state index in [9.17, 15) is 14.9 Å². The molecule has 40 heavy (non-hydrogen) atoms. The maximum atomic E-state index is 13.4. The van der Waals surface area contributed by atoms with Gasteiger partial charge in [-0.2, -0.15) is 5.26 Å². The zero-order valence-electron chi connectivity index (χ0n) is 24.7. The van der Waals surface area contributed by atoms with Crippen molar-refractivity contribution in [1.29, 1.82) is 5.26 Å². The molecule has 2 aromatic rings. The Kier molecular flexibility index (Phi) is 7.76. The molecule has 0 saturated carbocycles. The van der Waals surface area contributed by atoms with Gasteiger partial charge in [0.25, 0.3) is 5.91 Å². The highest BCUT2D eigenvalue weighted by Crippen LogP contribution is 2.41. The second-order valence-electron chi connectivity index (χ2n) is 13.3. The zero-order valence-corrected chi connectivity index (χ0v) is 24.7. The number of likely N-dealkylation sites (tertiary alicyclic amines) is 3. The van der Waals surface area contributed by atoms with Gasteiger partial charge in [-0.15, -0.1) is 0 Å². The van der Waals surface area contributed by atoms with Crippen molar-refractivity contribution in [2.45, 2.75) is 59.3 Å². The van der Waals surface area contributed by atoms with Crippen LogP contribution in [0.2, 0.25) is 0 Å². The summed E-state index contributed by atoms with van der Waals surface area (Å²) in [5, 5.41) is 9.20. The molecule has 5 rings (SSSR count). The van der Waals surface area contributed by atoms with Gasteiger partial charge >= 0.3 is 0 Å². The number of fused-ring (bicyclic) bond motifs is 1. The lowest BCUT2D eigenvalue weighted by Gasteiger charge is -2.44. The fraction of sp³-hybridized carbons (Fsp3) is 0.576. The van der Waals surface area contributed by atoms with E-state index in [0.717, 1.165) is 70.6 Å². The number of aromatic nitrogens is 1. The van der Waals surface area contributed by atoms with Crippen molar-refractivity contribution in [2.24, 2.45) is 17.3 Å². The third-order valence-electron chi connectivity index (χ3n) is 9.52. The molecule has 212 valence electrons. The van der Waals surface area contributed by atoms with Crippen LogP contribution in [0.15, 0.2) is 36.4 Å². The first-order valence-electron chi connectivity index (χ1n) is 14.8. The average molecular weight is 542 g/mol. The molecule has 3 saturated heterocycles. The summed E-state index contributed by atoms with van der Waals surface area (Å²) >= 11 is 0. The Hall–Kier alpha value is -3.24. The van der Waals surface area contributed by atoms with Crippen LogP contribution in [0.3, 0.4) is 0 Å². The number of nitrogens with zero attached hydrogens (tertiary/aromatic N) is 5. The van der Waals surface area contributed by atoms with Crippen molar-refractivity contribution in [3.05, 3.63) is 64.5 Å². The van der Waals surface area contributed by atoms with Gasteiger partial charge in [-0.25, -0.2) is 4.98 Å². The second kappa shape index (κ2) is 11.0. The molecular formula is C33H43N5O2. The van der Waals surface area contributed by atoms with Gasteiger partial charge in [0.2, 0.25) is 5.91 Å². The molecule has 2 amide bonds. The number of piperidine rings is 1. The monoisotopic (exact) mass is 541 g/mol. The van der Waals surface area contributed by atoms with E-state index in [1.165, 1.54) is 5.56 Å². The van der Waals surface area contributed by atoms with E-state index in [-0.39, 0.29) is 22.6 Å². The van der Waals surface area contributed by atoms with E-state index in [1.807, 2.05) is 39.5 Å². The number of rotatable bonds is 5. The lowest BCUT2D eigenvalue weighted by atomic mass is 9.70. The van der Waals surface area contributed by atoms with Gasteiger partial charge in [0, 0.05) is 44.7 Å². The predicted octanol–water partition coefficient (Wildman–Crippen LogP) is 4.57. The molecule has 3 aliphatic heterocycles. The van der Waals surface area contributed by atoms with E-state index in [2.05, 4.69) is 51.2 Å². The summed E-state index contributed by atoms with van der Waals surface area (Å²) in [4.78, 5) is 37.4. The summed E-state index contributed by atoms with van der Waals surface area (Å²) in [6.45, 7) is 16.0. The Morgan fingerprint density at radius 2 is 1.62 bits per heavy atom. The molecule has 1 aromatic heterocycles. The minimum absolute atomic E-state index is 0.0486. The Balaban J connectivity index is 1.21. The van der Waals surface area contributed by atoms with Crippen LogP contribution >= 0.6 is 0 Å². The number of carbonyl (C=O) groups is 2. The van der Waals surface area contributed by atoms with Crippen LogP contribution in [0.25, 0.3) is 0 Å². The number of pyridine rings is 1. The van der Waals surface area contributed by atoms with Gasteiger partial charge in [0.15, 0.2) is 0 Å². The van der Waals surface area contributed by atoms with Crippen LogP contribution in [0.1, 0.15) is 72.9 Å². The quantitative estimate of drug-likeness (QED) is 0.554. The Labute approximate surface area is 239 Å². The lowest BCUT2D eigenvalue weighted by Crippen LogP contribution is -2.49. The summed E-state index contributed by atoms with van der Waals surface area (Å²) in [6, 6.07) is 14.7. The van der Waals surface area contributed by atoms with Crippen molar-refractivity contribution in [3.8, 4) is 6.07 Å². The molecule has 0 radical (unpaired) electrons. The Morgan fingerprint density at radius 3 is 2.17 bits per heavy atom. The van der Waals surface area contributed by atoms with Crippen LogP contribution in [-0.4, -0.2) is 77.3 Å². The van der Waals surface area contributed by atoms with Crippen molar-refractivity contribution in [3.63, 3.8) is 0 Å². The van der Waals surface area contributed by atoms with E-state index < -0.39 is 0 Å². The SMILES string of the molecule is Cc1cc(C#N)nc(C)c1C(=O)N1CC2CN(CCC3(c4ccccc4)CCN(C(=O)C(C)(C)C)CC3)CC2C1.